The summed E-state index contributed by atoms with van der Waals surface area (Å²) < 4.78 is 10.9. The van der Waals surface area contributed by atoms with Crippen molar-refractivity contribution < 1.29 is 19.4 Å². The minimum absolute atomic E-state index is 0.123. The first-order valence-corrected chi connectivity index (χ1v) is 7.21. The maximum atomic E-state index is 11.5. The van der Waals surface area contributed by atoms with Crippen molar-refractivity contribution in [3.05, 3.63) is 27.7 Å². The summed E-state index contributed by atoms with van der Waals surface area (Å²) in [5, 5.41) is 12.5. The molecule has 0 aromatic heterocycles. The van der Waals surface area contributed by atoms with Gasteiger partial charge in [0.2, 0.25) is 0 Å². The fourth-order valence-electron chi connectivity index (χ4n) is 1.44. The Morgan fingerprint density at radius 2 is 2.30 bits per heavy atom. The summed E-state index contributed by atoms with van der Waals surface area (Å²) in [5.41, 5.74) is 0. The Labute approximate surface area is 131 Å². The third-order valence-corrected chi connectivity index (χ3v) is 3.20. The van der Waals surface area contributed by atoms with E-state index in [0.717, 1.165) is 4.47 Å². The number of hydrogen-bond acceptors (Lipinski definition) is 4. The Hall–Kier alpha value is -0.820. The molecule has 1 rings (SSSR count). The van der Waals surface area contributed by atoms with Crippen molar-refractivity contribution in [2.45, 2.75) is 12.5 Å². The van der Waals surface area contributed by atoms with Crippen molar-refractivity contribution in [1.82, 2.24) is 5.32 Å². The molecular formula is C13H17BrClNO4. The molecule has 0 bridgehead atoms. The minimum Gasteiger partial charge on any atom is -0.482 e. The van der Waals surface area contributed by atoms with Gasteiger partial charge in [-0.25, -0.2) is 0 Å². The molecule has 1 amide bonds. The second kappa shape index (κ2) is 9.18. The third kappa shape index (κ3) is 6.56. The molecule has 0 saturated carbocycles. The van der Waals surface area contributed by atoms with E-state index in [1.807, 2.05) is 0 Å². The van der Waals surface area contributed by atoms with Crippen molar-refractivity contribution in [3.63, 3.8) is 0 Å². The van der Waals surface area contributed by atoms with Gasteiger partial charge in [-0.1, -0.05) is 27.5 Å². The van der Waals surface area contributed by atoms with Crippen molar-refractivity contribution in [2.75, 3.05) is 26.9 Å². The predicted molar refractivity (Wildman–Crippen MR) is 80.2 cm³/mol. The largest absolute Gasteiger partial charge is 0.482 e. The Balaban J connectivity index is 2.26. The van der Waals surface area contributed by atoms with Crippen molar-refractivity contribution in [2.24, 2.45) is 0 Å². The normalized spacial score (nSPS) is 12.0. The molecule has 1 unspecified atom stereocenters. The number of aliphatic hydroxyl groups excluding tert-OH is 1. The zero-order chi connectivity index (χ0) is 15.0. The van der Waals surface area contributed by atoms with Crippen molar-refractivity contribution >= 4 is 33.4 Å². The zero-order valence-corrected chi connectivity index (χ0v) is 13.4. The molecule has 0 radical (unpaired) electrons. The quantitative estimate of drug-likeness (QED) is 0.738. The lowest BCUT2D eigenvalue weighted by molar-refractivity contribution is -0.123. The van der Waals surface area contributed by atoms with Crippen LogP contribution in [0.2, 0.25) is 5.02 Å². The van der Waals surface area contributed by atoms with Gasteiger partial charge in [-0.2, -0.15) is 0 Å². The third-order valence-electron chi connectivity index (χ3n) is 2.41. The molecule has 0 spiro atoms. The highest BCUT2D eigenvalue weighted by molar-refractivity contribution is 9.10. The minimum atomic E-state index is -0.581. The highest BCUT2D eigenvalue weighted by Gasteiger charge is 2.07. The summed E-state index contributed by atoms with van der Waals surface area (Å²) in [6.45, 7) is 0.489. The molecule has 0 fully saturated rings. The molecule has 1 aromatic carbocycles. The number of rotatable bonds is 8. The molecule has 20 heavy (non-hydrogen) atoms. The highest BCUT2D eigenvalue weighted by atomic mass is 79.9. The molecule has 0 saturated heterocycles. The van der Waals surface area contributed by atoms with Gasteiger partial charge in [0.15, 0.2) is 6.61 Å². The van der Waals surface area contributed by atoms with Crippen LogP contribution in [-0.4, -0.2) is 44.0 Å². The average molecular weight is 367 g/mol. The molecular weight excluding hydrogens is 350 g/mol. The Morgan fingerprint density at radius 1 is 1.55 bits per heavy atom. The van der Waals surface area contributed by atoms with E-state index in [1.165, 1.54) is 7.11 Å². The molecule has 0 heterocycles. The van der Waals surface area contributed by atoms with E-state index in [0.29, 0.717) is 23.7 Å². The number of nitrogens with one attached hydrogen (secondary N) is 1. The van der Waals surface area contributed by atoms with Crippen LogP contribution in [0.4, 0.5) is 0 Å². The van der Waals surface area contributed by atoms with E-state index in [4.69, 9.17) is 21.1 Å². The highest BCUT2D eigenvalue weighted by Crippen LogP contribution is 2.27. The molecule has 0 aliphatic carbocycles. The van der Waals surface area contributed by atoms with E-state index in [-0.39, 0.29) is 19.1 Å². The van der Waals surface area contributed by atoms with Crippen molar-refractivity contribution in [3.8, 4) is 5.75 Å². The molecule has 0 aliphatic rings. The lowest BCUT2D eigenvalue weighted by Crippen LogP contribution is -2.32. The first kappa shape index (κ1) is 17.2. The number of hydrogen-bond donors (Lipinski definition) is 2. The van der Waals surface area contributed by atoms with Crippen LogP contribution >= 0.6 is 27.5 Å². The number of methoxy groups -OCH3 is 1. The summed E-state index contributed by atoms with van der Waals surface area (Å²) in [6.07, 6.45) is -0.152. The van der Waals surface area contributed by atoms with E-state index in [2.05, 4.69) is 21.2 Å². The van der Waals surface area contributed by atoms with Crippen LogP contribution in [0.3, 0.4) is 0 Å². The monoisotopic (exact) mass is 365 g/mol. The number of carbonyl (C=O) groups is 1. The standard InChI is InChI=1S/C13H17BrClNO4/c1-19-7-10(17)4-5-16-13(18)8-20-12-3-2-9(14)6-11(12)15/h2-3,6,10,17H,4-5,7-8H2,1H3,(H,16,18). The topological polar surface area (TPSA) is 67.8 Å². The number of amides is 1. The van der Waals surface area contributed by atoms with E-state index in [1.54, 1.807) is 18.2 Å². The van der Waals surface area contributed by atoms with E-state index < -0.39 is 6.10 Å². The van der Waals surface area contributed by atoms with Gasteiger partial charge in [0.1, 0.15) is 5.75 Å². The van der Waals surface area contributed by atoms with Crippen LogP contribution in [-0.2, 0) is 9.53 Å². The van der Waals surface area contributed by atoms with Gasteiger partial charge in [0.25, 0.3) is 5.91 Å². The maximum Gasteiger partial charge on any atom is 0.257 e. The predicted octanol–water partition coefficient (Wildman–Crippen LogP) is 1.99. The number of aliphatic hydroxyl groups is 1. The van der Waals surface area contributed by atoms with Crippen LogP contribution in [0.25, 0.3) is 0 Å². The van der Waals surface area contributed by atoms with E-state index in [9.17, 15) is 9.90 Å². The summed E-state index contributed by atoms with van der Waals surface area (Å²) in [4.78, 5) is 11.5. The second-order valence-electron chi connectivity index (χ2n) is 4.11. The molecule has 0 aliphatic heterocycles. The van der Waals surface area contributed by atoms with Crippen LogP contribution in [0.15, 0.2) is 22.7 Å². The summed E-state index contributed by atoms with van der Waals surface area (Å²) in [6, 6.07) is 5.15. The second-order valence-corrected chi connectivity index (χ2v) is 5.43. The summed E-state index contributed by atoms with van der Waals surface area (Å²) in [7, 11) is 1.51. The fourth-order valence-corrected chi connectivity index (χ4v) is 2.17. The lowest BCUT2D eigenvalue weighted by Gasteiger charge is -2.11. The van der Waals surface area contributed by atoms with Gasteiger partial charge in [0, 0.05) is 18.1 Å². The van der Waals surface area contributed by atoms with Crippen LogP contribution in [0, 0.1) is 0 Å². The van der Waals surface area contributed by atoms with Crippen LogP contribution < -0.4 is 10.1 Å². The SMILES string of the molecule is COCC(O)CCNC(=O)COc1ccc(Br)cc1Cl. The maximum absolute atomic E-state index is 11.5. The fraction of sp³-hybridized carbons (Fsp3) is 0.462. The zero-order valence-electron chi connectivity index (χ0n) is 11.1. The smallest absolute Gasteiger partial charge is 0.257 e. The van der Waals surface area contributed by atoms with Gasteiger partial charge in [-0.15, -0.1) is 0 Å². The van der Waals surface area contributed by atoms with Gasteiger partial charge >= 0.3 is 0 Å². The molecule has 7 heteroatoms. The van der Waals surface area contributed by atoms with E-state index >= 15 is 0 Å². The Bertz CT molecular complexity index is 444. The average Bonchev–Trinajstić information content (AvgIpc) is 2.38. The molecule has 1 atom stereocenters. The van der Waals surface area contributed by atoms with Crippen LogP contribution in [0.1, 0.15) is 6.42 Å². The number of halogens is 2. The summed E-state index contributed by atoms with van der Waals surface area (Å²) in [5.74, 6) is 0.179. The van der Waals surface area contributed by atoms with Gasteiger partial charge < -0.3 is 19.9 Å². The molecule has 112 valence electrons. The van der Waals surface area contributed by atoms with Gasteiger partial charge in [-0.3, -0.25) is 4.79 Å². The number of benzene rings is 1. The van der Waals surface area contributed by atoms with Crippen molar-refractivity contribution in [1.29, 1.82) is 0 Å². The Kier molecular flexibility index (Phi) is 7.91. The van der Waals surface area contributed by atoms with Gasteiger partial charge in [-0.05, 0) is 24.6 Å². The lowest BCUT2D eigenvalue weighted by atomic mass is 10.2. The molecule has 5 nitrogen and oxygen atoms in total. The number of carbonyl (C=O) groups excluding carboxylic acids is 1. The first-order chi connectivity index (χ1) is 9.52. The molecule has 2 N–H and O–H groups in total. The first-order valence-electron chi connectivity index (χ1n) is 6.04. The number of ether oxygens (including phenoxy) is 2. The Morgan fingerprint density at radius 3 is 2.95 bits per heavy atom. The van der Waals surface area contributed by atoms with Crippen LogP contribution in [0.5, 0.6) is 5.75 Å². The molecule has 1 aromatic rings. The summed E-state index contributed by atoms with van der Waals surface area (Å²) >= 11 is 9.24. The van der Waals surface area contributed by atoms with Gasteiger partial charge in [0.05, 0.1) is 17.7 Å².